The van der Waals surface area contributed by atoms with Crippen molar-refractivity contribution in [3.63, 3.8) is 0 Å². The van der Waals surface area contributed by atoms with Crippen molar-refractivity contribution in [1.82, 2.24) is 19.7 Å². The molecule has 0 atom stereocenters. The summed E-state index contributed by atoms with van der Waals surface area (Å²) in [5, 5.41) is 10.2. The Morgan fingerprint density at radius 3 is 2.42 bits per heavy atom. The van der Waals surface area contributed by atoms with Gasteiger partial charge in [0.15, 0.2) is 11.5 Å². The molecule has 1 amide bonds. The van der Waals surface area contributed by atoms with Crippen LogP contribution in [-0.2, 0) is 0 Å². The van der Waals surface area contributed by atoms with Gasteiger partial charge in [-0.1, -0.05) is 0 Å². The molecule has 2 heterocycles. The van der Waals surface area contributed by atoms with E-state index < -0.39 is 0 Å². The Morgan fingerprint density at radius 2 is 1.79 bits per heavy atom. The van der Waals surface area contributed by atoms with Crippen molar-refractivity contribution in [1.29, 1.82) is 0 Å². The smallest absolute Gasteiger partial charge is 0.255 e. The van der Waals surface area contributed by atoms with Gasteiger partial charge in [-0.05, 0) is 30.3 Å². The SMILES string of the molecule is COc1ccc(C(=O)Nc2ccc(-n3cnnc3)nc2)cc1OC. The molecule has 0 unspecified atom stereocenters. The lowest BCUT2D eigenvalue weighted by molar-refractivity contribution is 0.102. The molecule has 8 heteroatoms. The number of anilines is 1. The average Bonchev–Trinajstić information content (AvgIpc) is 3.16. The summed E-state index contributed by atoms with van der Waals surface area (Å²) in [6.45, 7) is 0. The number of amides is 1. The molecular formula is C16H15N5O3. The molecule has 0 spiro atoms. The molecule has 122 valence electrons. The number of pyridine rings is 1. The molecule has 0 aliphatic rings. The predicted molar refractivity (Wildman–Crippen MR) is 86.7 cm³/mol. The highest BCUT2D eigenvalue weighted by molar-refractivity contribution is 6.04. The fourth-order valence-electron chi connectivity index (χ4n) is 2.11. The Hall–Kier alpha value is -3.42. The van der Waals surface area contributed by atoms with E-state index in [-0.39, 0.29) is 5.91 Å². The number of rotatable bonds is 5. The molecule has 0 fully saturated rings. The Morgan fingerprint density at radius 1 is 1.04 bits per heavy atom. The number of hydrogen-bond acceptors (Lipinski definition) is 6. The number of hydrogen-bond donors (Lipinski definition) is 1. The van der Waals surface area contributed by atoms with Crippen molar-refractivity contribution in [2.24, 2.45) is 0 Å². The maximum atomic E-state index is 12.3. The number of aromatic nitrogens is 4. The molecule has 0 aliphatic carbocycles. The minimum Gasteiger partial charge on any atom is -0.493 e. The van der Waals surface area contributed by atoms with Crippen LogP contribution in [0.5, 0.6) is 11.5 Å². The van der Waals surface area contributed by atoms with E-state index in [9.17, 15) is 4.79 Å². The monoisotopic (exact) mass is 325 g/mol. The molecule has 2 aromatic heterocycles. The van der Waals surface area contributed by atoms with Gasteiger partial charge < -0.3 is 14.8 Å². The van der Waals surface area contributed by atoms with Crippen LogP contribution in [0.4, 0.5) is 5.69 Å². The maximum Gasteiger partial charge on any atom is 0.255 e. The molecule has 1 aromatic carbocycles. The summed E-state index contributed by atoms with van der Waals surface area (Å²) in [4.78, 5) is 16.6. The van der Waals surface area contributed by atoms with Crippen LogP contribution in [0.2, 0.25) is 0 Å². The van der Waals surface area contributed by atoms with E-state index in [0.717, 1.165) is 0 Å². The predicted octanol–water partition coefficient (Wildman–Crippen LogP) is 1.93. The van der Waals surface area contributed by atoms with Gasteiger partial charge in [0.1, 0.15) is 18.5 Å². The second-order valence-corrected chi connectivity index (χ2v) is 4.80. The lowest BCUT2D eigenvalue weighted by atomic mass is 10.2. The van der Waals surface area contributed by atoms with E-state index >= 15 is 0 Å². The molecule has 3 aromatic rings. The lowest BCUT2D eigenvalue weighted by Crippen LogP contribution is -2.12. The standard InChI is InChI=1S/C16H15N5O3/c1-23-13-5-3-11(7-14(13)24-2)16(22)20-12-4-6-15(17-8-12)21-9-18-19-10-21/h3-10H,1-2H3,(H,20,22). The van der Waals surface area contributed by atoms with Gasteiger partial charge in [0.25, 0.3) is 5.91 Å². The van der Waals surface area contributed by atoms with Gasteiger partial charge in [-0.3, -0.25) is 9.36 Å². The van der Waals surface area contributed by atoms with Crippen LogP contribution < -0.4 is 14.8 Å². The molecule has 3 rings (SSSR count). The van der Waals surface area contributed by atoms with E-state index in [4.69, 9.17) is 9.47 Å². The number of carbonyl (C=O) groups excluding carboxylic acids is 1. The van der Waals surface area contributed by atoms with Crippen LogP contribution in [0, 0.1) is 0 Å². The zero-order valence-corrected chi connectivity index (χ0v) is 13.1. The zero-order valence-electron chi connectivity index (χ0n) is 13.1. The molecule has 8 nitrogen and oxygen atoms in total. The van der Waals surface area contributed by atoms with Crippen LogP contribution in [0.1, 0.15) is 10.4 Å². The number of nitrogens with zero attached hydrogens (tertiary/aromatic N) is 4. The highest BCUT2D eigenvalue weighted by Gasteiger charge is 2.11. The number of nitrogens with one attached hydrogen (secondary N) is 1. The van der Waals surface area contributed by atoms with Crippen LogP contribution in [0.15, 0.2) is 49.2 Å². The van der Waals surface area contributed by atoms with Gasteiger partial charge in [-0.2, -0.15) is 0 Å². The second kappa shape index (κ2) is 6.78. The zero-order chi connectivity index (χ0) is 16.9. The van der Waals surface area contributed by atoms with E-state index in [2.05, 4.69) is 20.5 Å². The third-order valence-electron chi connectivity index (χ3n) is 3.33. The average molecular weight is 325 g/mol. The van der Waals surface area contributed by atoms with Crippen molar-refractivity contribution < 1.29 is 14.3 Å². The molecule has 0 saturated carbocycles. The summed E-state index contributed by atoms with van der Waals surface area (Å²) in [6.07, 6.45) is 4.66. The van der Waals surface area contributed by atoms with E-state index in [1.165, 1.54) is 7.11 Å². The number of methoxy groups -OCH3 is 2. The van der Waals surface area contributed by atoms with E-state index in [1.54, 1.807) is 60.9 Å². The molecule has 24 heavy (non-hydrogen) atoms. The van der Waals surface area contributed by atoms with Crippen LogP contribution in [-0.4, -0.2) is 39.9 Å². The summed E-state index contributed by atoms with van der Waals surface area (Å²) < 4.78 is 12.0. The van der Waals surface area contributed by atoms with Gasteiger partial charge in [0, 0.05) is 5.56 Å². The summed E-state index contributed by atoms with van der Waals surface area (Å²) in [7, 11) is 3.06. The van der Waals surface area contributed by atoms with Gasteiger partial charge in [-0.25, -0.2) is 4.98 Å². The molecule has 0 aliphatic heterocycles. The Bertz CT molecular complexity index is 831. The van der Waals surface area contributed by atoms with Gasteiger partial charge in [-0.15, -0.1) is 10.2 Å². The lowest BCUT2D eigenvalue weighted by Gasteiger charge is -2.10. The summed E-state index contributed by atoms with van der Waals surface area (Å²) in [6, 6.07) is 8.47. The first kappa shape index (κ1) is 15.5. The first-order valence-electron chi connectivity index (χ1n) is 7.05. The summed E-state index contributed by atoms with van der Waals surface area (Å²) in [5.74, 6) is 1.44. The van der Waals surface area contributed by atoms with Gasteiger partial charge >= 0.3 is 0 Å². The fraction of sp³-hybridized carbons (Fsp3) is 0.125. The fourth-order valence-corrected chi connectivity index (χ4v) is 2.11. The maximum absolute atomic E-state index is 12.3. The Balaban J connectivity index is 1.75. The summed E-state index contributed by atoms with van der Waals surface area (Å²) in [5.41, 5.74) is 1.03. The molecule has 0 radical (unpaired) electrons. The molecule has 1 N–H and O–H groups in total. The minimum atomic E-state index is -0.269. The van der Waals surface area contributed by atoms with Crippen molar-refractivity contribution in [3.05, 3.63) is 54.7 Å². The van der Waals surface area contributed by atoms with Crippen LogP contribution >= 0.6 is 0 Å². The van der Waals surface area contributed by atoms with E-state index in [0.29, 0.717) is 28.6 Å². The number of ether oxygens (including phenoxy) is 2. The Kier molecular flexibility index (Phi) is 4.37. The first-order valence-corrected chi connectivity index (χ1v) is 7.05. The highest BCUT2D eigenvalue weighted by Crippen LogP contribution is 2.27. The molecular weight excluding hydrogens is 310 g/mol. The van der Waals surface area contributed by atoms with Gasteiger partial charge in [0.05, 0.1) is 26.1 Å². The van der Waals surface area contributed by atoms with E-state index in [1.807, 2.05) is 0 Å². The third-order valence-corrected chi connectivity index (χ3v) is 3.33. The van der Waals surface area contributed by atoms with Crippen molar-refractivity contribution >= 4 is 11.6 Å². The van der Waals surface area contributed by atoms with Crippen molar-refractivity contribution in [2.75, 3.05) is 19.5 Å². The summed E-state index contributed by atoms with van der Waals surface area (Å²) >= 11 is 0. The largest absolute Gasteiger partial charge is 0.493 e. The van der Waals surface area contributed by atoms with Gasteiger partial charge in [0.2, 0.25) is 0 Å². The Labute approximate surface area is 138 Å². The number of benzene rings is 1. The topological polar surface area (TPSA) is 91.2 Å². The van der Waals surface area contributed by atoms with Crippen molar-refractivity contribution in [3.8, 4) is 17.3 Å². The minimum absolute atomic E-state index is 0.269. The van der Waals surface area contributed by atoms with Crippen LogP contribution in [0.3, 0.4) is 0 Å². The highest BCUT2D eigenvalue weighted by atomic mass is 16.5. The van der Waals surface area contributed by atoms with Crippen LogP contribution in [0.25, 0.3) is 5.82 Å². The number of carbonyl (C=O) groups is 1. The first-order chi connectivity index (χ1) is 11.7. The van der Waals surface area contributed by atoms with Crippen molar-refractivity contribution in [2.45, 2.75) is 0 Å². The second-order valence-electron chi connectivity index (χ2n) is 4.80. The normalized spacial score (nSPS) is 10.2. The molecule has 0 saturated heterocycles. The molecule has 0 bridgehead atoms. The third kappa shape index (κ3) is 3.17. The quantitative estimate of drug-likeness (QED) is 0.771.